The summed E-state index contributed by atoms with van der Waals surface area (Å²) in [5.74, 6) is -0.356. The second-order valence-corrected chi connectivity index (χ2v) is 6.65. The van der Waals surface area contributed by atoms with E-state index in [9.17, 15) is 4.79 Å². The van der Waals surface area contributed by atoms with Crippen molar-refractivity contribution in [3.63, 3.8) is 0 Å². The first-order valence-corrected chi connectivity index (χ1v) is 8.97. The van der Waals surface area contributed by atoms with Gasteiger partial charge in [-0.05, 0) is 43.0 Å². The number of hydrogen-bond acceptors (Lipinski definition) is 2. The molecule has 1 fully saturated rings. The van der Waals surface area contributed by atoms with Crippen LogP contribution in [0.4, 0.5) is 5.69 Å². The average Bonchev–Trinajstić information content (AvgIpc) is 3.30. The number of H-pyrrole nitrogens is 1. The van der Waals surface area contributed by atoms with Gasteiger partial charge >= 0.3 is 0 Å². The fourth-order valence-electron chi connectivity index (χ4n) is 4.03. The Bertz CT molecular complexity index is 935. The number of carbonyl (C=O) groups excluding carboxylic acids is 1. The lowest BCUT2D eigenvalue weighted by Gasteiger charge is -2.24. The van der Waals surface area contributed by atoms with Crippen LogP contribution >= 0.6 is 0 Å². The Morgan fingerprint density at radius 1 is 1.16 bits per heavy atom. The van der Waals surface area contributed by atoms with Crippen LogP contribution in [-0.2, 0) is 6.42 Å². The fraction of sp³-hybridized carbons (Fsp3) is 0.286. The van der Waals surface area contributed by atoms with Crippen LogP contribution in [0.2, 0.25) is 0 Å². The van der Waals surface area contributed by atoms with Crippen molar-refractivity contribution < 1.29 is 4.79 Å². The minimum absolute atomic E-state index is 0.356. The van der Waals surface area contributed by atoms with Crippen LogP contribution in [0.5, 0.6) is 0 Å². The van der Waals surface area contributed by atoms with E-state index < -0.39 is 0 Å². The highest BCUT2D eigenvalue weighted by molar-refractivity contribution is 6.04. The van der Waals surface area contributed by atoms with Crippen LogP contribution in [0.3, 0.4) is 0 Å². The molecule has 1 aliphatic heterocycles. The Balaban J connectivity index is 2.03. The van der Waals surface area contributed by atoms with Gasteiger partial charge in [0.2, 0.25) is 5.91 Å². The first-order chi connectivity index (χ1) is 12.2. The highest BCUT2D eigenvalue weighted by Crippen LogP contribution is 2.41. The molecular weight excluding hydrogens is 310 g/mol. The van der Waals surface area contributed by atoms with Crippen LogP contribution in [0, 0.1) is 0 Å². The second kappa shape index (κ2) is 6.28. The summed E-state index contributed by atoms with van der Waals surface area (Å²) in [5, 5.41) is 1.18. The summed E-state index contributed by atoms with van der Waals surface area (Å²) in [6.45, 7) is 4.22. The molecule has 2 aromatic carbocycles. The maximum absolute atomic E-state index is 12.0. The molecule has 0 bridgehead atoms. The summed E-state index contributed by atoms with van der Waals surface area (Å²) in [6.07, 6.45) is 5.26. The molecule has 1 saturated heterocycles. The number of anilines is 1. The molecule has 0 spiro atoms. The number of para-hydroxylation sites is 1. The van der Waals surface area contributed by atoms with Gasteiger partial charge in [-0.1, -0.05) is 25.1 Å². The lowest BCUT2D eigenvalue weighted by molar-refractivity contribution is 0.0999. The number of nitrogens with one attached hydrogen (secondary N) is 1. The minimum atomic E-state index is -0.356. The number of rotatable bonds is 4. The number of benzene rings is 2. The van der Waals surface area contributed by atoms with Crippen molar-refractivity contribution in [2.24, 2.45) is 5.73 Å². The number of aromatic nitrogens is 1. The van der Waals surface area contributed by atoms with E-state index in [2.05, 4.69) is 47.3 Å². The van der Waals surface area contributed by atoms with Crippen molar-refractivity contribution in [1.82, 2.24) is 4.98 Å². The molecule has 3 aromatic rings. The Morgan fingerprint density at radius 2 is 1.92 bits per heavy atom. The van der Waals surface area contributed by atoms with Crippen molar-refractivity contribution in [3.8, 4) is 11.1 Å². The number of amides is 1. The standard InChI is InChI=1S/C21H23N3O/c1-2-14-16(21(22)25)9-10-19(24-11-5-6-12-24)20(14)17-13-23-18-8-4-3-7-15(17)18/h3-4,7-10,13,23H,2,5-6,11-12H2,1H3,(H2,22,25). The predicted octanol–water partition coefficient (Wildman–Crippen LogP) is 4.10. The quantitative estimate of drug-likeness (QED) is 0.755. The van der Waals surface area contributed by atoms with Crippen molar-refractivity contribution >= 4 is 22.5 Å². The van der Waals surface area contributed by atoms with E-state index in [0.717, 1.165) is 41.7 Å². The molecule has 1 amide bonds. The fourth-order valence-corrected chi connectivity index (χ4v) is 4.03. The molecule has 0 saturated carbocycles. The van der Waals surface area contributed by atoms with E-state index in [1.807, 2.05) is 12.1 Å². The van der Waals surface area contributed by atoms with Crippen molar-refractivity contribution in [2.75, 3.05) is 18.0 Å². The minimum Gasteiger partial charge on any atom is -0.371 e. The number of primary amides is 1. The van der Waals surface area contributed by atoms with E-state index in [1.165, 1.54) is 23.9 Å². The second-order valence-electron chi connectivity index (χ2n) is 6.65. The van der Waals surface area contributed by atoms with Gasteiger partial charge in [0.15, 0.2) is 0 Å². The zero-order valence-electron chi connectivity index (χ0n) is 14.5. The highest BCUT2D eigenvalue weighted by atomic mass is 16.1. The van der Waals surface area contributed by atoms with Gasteiger partial charge in [0.05, 0.1) is 0 Å². The molecule has 2 heterocycles. The monoisotopic (exact) mass is 333 g/mol. The maximum Gasteiger partial charge on any atom is 0.249 e. The summed E-state index contributed by atoms with van der Waals surface area (Å²) in [7, 11) is 0. The van der Waals surface area contributed by atoms with Crippen LogP contribution in [0.15, 0.2) is 42.6 Å². The van der Waals surface area contributed by atoms with Crippen LogP contribution < -0.4 is 10.6 Å². The zero-order valence-corrected chi connectivity index (χ0v) is 14.5. The van der Waals surface area contributed by atoms with Gasteiger partial charge in [0.1, 0.15) is 0 Å². The largest absolute Gasteiger partial charge is 0.371 e. The van der Waals surface area contributed by atoms with Gasteiger partial charge in [0, 0.05) is 52.6 Å². The third-order valence-corrected chi connectivity index (χ3v) is 5.22. The van der Waals surface area contributed by atoms with E-state index in [1.54, 1.807) is 0 Å². The Kier molecular flexibility index (Phi) is 3.96. The molecule has 1 aromatic heterocycles. The number of nitrogens with two attached hydrogens (primary N) is 1. The van der Waals surface area contributed by atoms with Gasteiger partial charge < -0.3 is 15.6 Å². The molecule has 4 rings (SSSR count). The topological polar surface area (TPSA) is 62.1 Å². The van der Waals surface area contributed by atoms with Gasteiger partial charge in [-0.2, -0.15) is 0 Å². The molecule has 4 heteroatoms. The number of carbonyl (C=O) groups is 1. The van der Waals surface area contributed by atoms with Crippen molar-refractivity contribution in [1.29, 1.82) is 0 Å². The highest BCUT2D eigenvalue weighted by Gasteiger charge is 2.23. The molecular formula is C21H23N3O. The Labute approximate surface area is 147 Å². The van der Waals surface area contributed by atoms with E-state index in [0.29, 0.717) is 5.56 Å². The molecule has 0 radical (unpaired) electrons. The number of fused-ring (bicyclic) bond motifs is 1. The van der Waals surface area contributed by atoms with Gasteiger partial charge in [0.25, 0.3) is 0 Å². The molecule has 1 aliphatic rings. The third-order valence-electron chi connectivity index (χ3n) is 5.22. The zero-order chi connectivity index (χ0) is 17.4. The molecule has 0 atom stereocenters. The molecule has 4 nitrogen and oxygen atoms in total. The van der Waals surface area contributed by atoms with Crippen molar-refractivity contribution in [3.05, 3.63) is 53.7 Å². The Morgan fingerprint density at radius 3 is 2.64 bits per heavy atom. The first-order valence-electron chi connectivity index (χ1n) is 8.97. The summed E-state index contributed by atoms with van der Waals surface area (Å²) in [5.41, 5.74) is 12.0. The maximum atomic E-state index is 12.0. The smallest absolute Gasteiger partial charge is 0.249 e. The van der Waals surface area contributed by atoms with Gasteiger partial charge in [-0.15, -0.1) is 0 Å². The van der Waals surface area contributed by atoms with Crippen LogP contribution in [0.25, 0.3) is 22.0 Å². The summed E-state index contributed by atoms with van der Waals surface area (Å²) in [6, 6.07) is 12.3. The summed E-state index contributed by atoms with van der Waals surface area (Å²) >= 11 is 0. The SMILES string of the molecule is CCc1c(C(N)=O)ccc(N2CCCC2)c1-c1c[nH]c2ccccc12. The number of nitrogens with zero attached hydrogens (tertiary/aromatic N) is 1. The normalized spacial score (nSPS) is 14.4. The van der Waals surface area contributed by atoms with Gasteiger partial charge in [-0.3, -0.25) is 4.79 Å². The van der Waals surface area contributed by atoms with Gasteiger partial charge in [-0.25, -0.2) is 0 Å². The predicted molar refractivity (Wildman–Crippen MR) is 103 cm³/mol. The molecule has 128 valence electrons. The number of hydrogen-bond donors (Lipinski definition) is 2. The third kappa shape index (κ3) is 2.58. The van der Waals surface area contributed by atoms with Crippen LogP contribution in [0.1, 0.15) is 35.7 Å². The van der Waals surface area contributed by atoms with E-state index in [4.69, 9.17) is 5.73 Å². The average molecular weight is 333 g/mol. The molecule has 0 aliphatic carbocycles. The number of aromatic amines is 1. The van der Waals surface area contributed by atoms with E-state index in [-0.39, 0.29) is 5.91 Å². The van der Waals surface area contributed by atoms with E-state index >= 15 is 0 Å². The lowest BCUT2D eigenvalue weighted by Crippen LogP contribution is -2.21. The molecule has 0 unspecified atom stereocenters. The summed E-state index contributed by atoms with van der Waals surface area (Å²) < 4.78 is 0. The van der Waals surface area contributed by atoms with Crippen molar-refractivity contribution in [2.45, 2.75) is 26.2 Å². The Hall–Kier alpha value is -2.75. The van der Waals surface area contributed by atoms with Crippen LogP contribution in [-0.4, -0.2) is 24.0 Å². The first kappa shape index (κ1) is 15.8. The molecule has 3 N–H and O–H groups in total. The summed E-state index contributed by atoms with van der Waals surface area (Å²) in [4.78, 5) is 17.8. The molecule has 25 heavy (non-hydrogen) atoms. The lowest BCUT2D eigenvalue weighted by atomic mass is 9.91.